The van der Waals surface area contributed by atoms with E-state index in [-0.39, 0.29) is 0 Å². The summed E-state index contributed by atoms with van der Waals surface area (Å²) < 4.78 is 31.0. The molecule has 0 aromatic heterocycles. The summed E-state index contributed by atoms with van der Waals surface area (Å²) in [6.07, 6.45) is 6.68. The van der Waals surface area contributed by atoms with Gasteiger partial charge in [-0.3, -0.25) is 4.55 Å². The predicted molar refractivity (Wildman–Crippen MR) is 62.1 cm³/mol. The smallest absolute Gasteiger partial charge is 0.273 e. The molecule has 4 nitrogen and oxygen atoms in total. The fourth-order valence-electron chi connectivity index (χ4n) is 1.41. The van der Waals surface area contributed by atoms with Gasteiger partial charge in [-0.1, -0.05) is 46.0 Å². The first-order chi connectivity index (χ1) is 6.92. The molecule has 0 aromatic carbocycles. The second-order valence-corrected chi connectivity index (χ2v) is 5.56. The summed E-state index contributed by atoms with van der Waals surface area (Å²) >= 11 is 0. The van der Waals surface area contributed by atoms with Gasteiger partial charge in [-0.15, -0.1) is 0 Å². The minimum Gasteiger partial charge on any atom is -0.273 e. The van der Waals surface area contributed by atoms with Crippen LogP contribution in [0.15, 0.2) is 0 Å². The molecule has 0 saturated carbocycles. The molecule has 2 N–H and O–H groups in total. The van der Waals surface area contributed by atoms with E-state index in [0.717, 1.165) is 25.2 Å². The summed E-state index contributed by atoms with van der Waals surface area (Å²) in [6, 6.07) is 0. The van der Waals surface area contributed by atoms with Crippen molar-refractivity contribution in [2.45, 2.75) is 52.4 Å². The largest absolute Gasteiger partial charge is 0.333 e. The van der Waals surface area contributed by atoms with E-state index in [1.54, 1.807) is 0 Å². The molecule has 0 bridgehead atoms. The van der Waals surface area contributed by atoms with Crippen molar-refractivity contribution in [3.05, 3.63) is 0 Å². The van der Waals surface area contributed by atoms with E-state index in [1.807, 2.05) is 0 Å². The molecule has 0 spiro atoms. The zero-order valence-electron chi connectivity index (χ0n) is 9.70. The third kappa shape index (κ3) is 13.9. The molecule has 92 valence electrons. The molecule has 0 atom stereocenters. The molecule has 5 heteroatoms. The van der Waals surface area contributed by atoms with Crippen LogP contribution >= 0.6 is 0 Å². The van der Waals surface area contributed by atoms with Crippen molar-refractivity contribution in [1.82, 2.24) is 4.72 Å². The quantitative estimate of drug-likeness (QED) is 0.478. The highest BCUT2D eigenvalue weighted by Crippen LogP contribution is 2.10. The second-order valence-electron chi connectivity index (χ2n) is 4.32. The highest BCUT2D eigenvalue weighted by Gasteiger charge is 2.00. The number of hydrogen-bond acceptors (Lipinski definition) is 2. The van der Waals surface area contributed by atoms with E-state index in [2.05, 4.69) is 18.6 Å². The first-order valence-corrected chi connectivity index (χ1v) is 7.08. The third-order valence-electron chi connectivity index (χ3n) is 2.24. The van der Waals surface area contributed by atoms with Gasteiger partial charge in [0, 0.05) is 6.54 Å². The summed E-state index contributed by atoms with van der Waals surface area (Å²) in [7, 11) is -3.98. The molecule has 0 radical (unpaired) electrons. The third-order valence-corrected chi connectivity index (χ3v) is 2.81. The highest BCUT2D eigenvalue weighted by molar-refractivity contribution is 7.83. The standard InChI is InChI=1S/C10H23NO3S/c1-10(2)8-6-4-3-5-7-9-11-15(12,13)14/h10-11H,3-9H2,1-2H3,(H,12,13,14). The summed E-state index contributed by atoms with van der Waals surface area (Å²) in [6.45, 7) is 4.77. The lowest BCUT2D eigenvalue weighted by Gasteiger charge is -2.04. The van der Waals surface area contributed by atoms with Crippen molar-refractivity contribution in [3.8, 4) is 0 Å². The average molecular weight is 237 g/mol. The van der Waals surface area contributed by atoms with Crippen molar-refractivity contribution in [3.63, 3.8) is 0 Å². The molecule has 0 heterocycles. The van der Waals surface area contributed by atoms with Gasteiger partial charge < -0.3 is 0 Å². The van der Waals surface area contributed by atoms with Gasteiger partial charge in [0.25, 0.3) is 0 Å². The average Bonchev–Trinajstić information content (AvgIpc) is 2.07. The number of rotatable bonds is 9. The molecule has 0 saturated heterocycles. The fourth-order valence-corrected chi connectivity index (χ4v) is 1.81. The summed E-state index contributed by atoms with van der Waals surface area (Å²) in [4.78, 5) is 0. The predicted octanol–water partition coefficient (Wildman–Crippen LogP) is 2.38. The first kappa shape index (κ1) is 14.9. The topological polar surface area (TPSA) is 66.4 Å². The molecule has 0 aliphatic heterocycles. The lowest BCUT2D eigenvalue weighted by atomic mass is 10.0. The summed E-state index contributed by atoms with van der Waals surface area (Å²) in [5.41, 5.74) is 0. The zero-order chi connectivity index (χ0) is 11.7. The van der Waals surface area contributed by atoms with Gasteiger partial charge in [0.2, 0.25) is 0 Å². The molecular weight excluding hydrogens is 214 g/mol. The summed E-state index contributed by atoms with van der Waals surface area (Å²) in [5.74, 6) is 0.770. The molecule has 0 amide bonds. The monoisotopic (exact) mass is 237 g/mol. The van der Waals surface area contributed by atoms with Crippen LogP contribution in [0.5, 0.6) is 0 Å². The van der Waals surface area contributed by atoms with Crippen LogP contribution in [-0.2, 0) is 10.3 Å². The Labute approximate surface area is 93.3 Å². The van der Waals surface area contributed by atoms with Crippen LogP contribution in [0.4, 0.5) is 0 Å². The molecular formula is C10H23NO3S. The number of hydrogen-bond donors (Lipinski definition) is 2. The molecule has 0 aromatic rings. The second kappa shape index (κ2) is 8.07. The van der Waals surface area contributed by atoms with Crippen molar-refractivity contribution >= 4 is 10.3 Å². The van der Waals surface area contributed by atoms with E-state index in [0.29, 0.717) is 6.54 Å². The van der Waals surface area contributed by atoms with Gasteiger partial charge in [-0.2, -0.15) is 13.1 Å². The Morgan fingerprint density at radius 2 is 1.60 bits per heavy atom. The summed E-state index contributed by atoms with van der Waals surface area (Å²) in [5, 5.41) is 0. The molecule has 0 aliphatic carbocycles. The van der Waals surface area contributed by atoms with Gasteiger partial charge >= 0.3 is 10.3 Å². The number of unbranched alkanes of at least 4 members (excludes halogenated alkanes) is 4. The Kier molecular flexibility index (Phi) is 8.00. The first-order valence-electron chi connectivity index (χ1n) is 5.64. The minimum absolute atomic E-state index is 0.336. The van der Waals surface area contributed by atoms with E-state index in [1.165, 1.54) is 19.3 Å². The van der Waals surface area contributed by atoms with Crippen molar-refractivity contribution in [2.75, 3.05) is 6.54 Å². The normalized spacial score (nSPS) is 12.3. The maximum Gasteiger partial charge on any atom is 0.333 e. The lowest BCUT2D eigenvalue weighted by molar-refractivity contribution is 0.463. The van der Waals surface area contributed by atoms with Crippen LogP contribution < -0.4 is 4.72 Å². The molecule has 15 heavy (non-hydrogen) atoms. The van der Waals surface area contributed by atoms with Crippen LogP contribution in [0, 0.1) is 5.92 Å². The SMILES string of the molecule is CC(C)CCCCCCCNS(=O)(=O)O. The van der Waals surface area contributed by atoms with Crippen LogP contribution in [0.25, 0.3) is 0 Å². The number of nitrogens with one attached hydrogen (secondary N) is 1. The van der Waals surface area contributed by atoms with Gasteiger partial charge in [0.1, 0.15) is 0 Å². The maximum absolute atomic E-state index is 10.3. The van der Waals surface area contributed by atoms with Crippen molar-refractivity contribution < 1.29 is 13.0 Å². The Hall–Kier alpha value is -0.130. The van der Waals surface area contributed by atoms with Gasteiger partial charge in [0.05, 0.1) is 0 Å². The van der Waals surface area contributed by atoms with E-state index < -0.39 is 10.3 Å². The highest BCUT2D eigenvalue weighted by atomic mass is 32.2. The van der Waals surface area contributed by atoms with Crippen LogP contribution in [0.2, 0.25) is 0 Å². The Balaban J connectivity index is 3.12. The van der Waals surface area contributed by atoms with Crippen LogP contribution in [-0.4, -0.2) is 19.5 Å². The molecule has 0 unspecified atom stereocenters. The molecule has 0 aliphatic rings. The van der Waals surface area contributed by atoms with Crippen molar-refractivity contribution in [2.24, 2.45) is 5.92 Å². The van der Waals surface area contributed by atoms with E-state index in [4.69, 9.17) is 4.55 Å². The van der Waals surface area contributed by atoms with E-state index in [9.17, 15) is 8.42 Å². The van der Waals surface area contributed by atoms with Crippen molar-refractivity contribution in [1.29, 1.82) is 0 Å². The van der Waals surface area contributed by atoms with Gasteiger partial charge in [-0.05, 0) is 12.3 Å². The maximum atomic E-state index is 10.3. The zero-order valence-corrected chi connectivity index (χ0v) is 10.5. The molecule has 0 rings (SSSR count). The lowest BCUT2D eigenvalue weighted by Crippen LogP contribution is -2.23. The van der Waals surface area contributed by atoms with Crippen LogP contribution in [0.3, 0.4) is 0 Å². The van der Waals surface area contributed by atoms with Gasteiger partial charge in [-0.25, -0.2) is 0 Å². The Morgan fingerprint density at radius 3 is 2.13 bits per heavy atom. The Morgan fingerprint density at radius 1 is 1.07 bits per heavy atom. The van der Waals surface area contributed by atoms with Gasteiger partial charge in [0.15, 0.2) is 0 Å². The molecule has 0 fully saturated rings. The fraction of sp³-hybridized carbons (Fsp3) is 1.00. The van der Waals surface area contributed by atoms with Crippen LogP contribution in [0.1, 0.15) is 52.4 Å². The van der Waals surface area contributed by atoms with E-state index >= 15 is 0 Å². The Bertz CT molecular complexity index is 237. The minimum atomic E-state index is -3.98.